The molecule has 0 bridgehead atoms. The lowest BCUT2D eigenvalue weighted by atomic mass is 10.2. The third-order valence-corrected chi connectivity index (χ3v) is 3.49. The van der Waals surface area contributed by atoms with E-state index in [1.165, 1.54) is 19.2 Å². The SMILES string of the molecule is Nc1c(Cl)ncnc1N(CCO)C1CCCC1. The van der Waals surface area contributed by atoms with Gasteiger partial charge in [0, 0.05) is 12.6 Å². The van der Waals surface area contributed by atoms with E-state index in [0.29, 0.717) is 24.1 Å². The average Bonchev–Trinajstić information content (AvgIpc) is 2.84. The highest BCUT2D eigenvalue weighted by Crippen LogP contribution is 2.32. The molecule has 0 amide bonds. The molecule has 1 aromatic heterocycles. The van der Waals surface area contributed by atoms with Crippen LogP contribution in [0.15, 0.2) is 6.33 Å². The summed E-state index contributed by atoms with van der Waals surface area (Å²) >= 11 is 5.90. The minimum Gasteiger partial charge on any atom is -0.395 e. The predicted molar refractivity (Wildman–Crippen MR) is 68.1 cm³/mol. The zero-order chi connectivity index (χ0) is 12.3. The van der Waals surface area contributed by atoms with Crippen LogP contribution in [-0.2, 0) is 0 Å². The number of aromatic nitrogens is 2. The molecule has 1 aliphatic rings. The van der Waals surface area contributed by atoms with E-state index >= 15 is 0 Å². The molecule has 1 heterocycles. The van der Waals surface area contributed by atoms with Gasteiger partial charge in [0.25, 0.3) is 0 Å². The molecule has 2 rings (SSSR count). The van der Waals surface area contributed by atoms with E-state index in [2.05, 4.69) is 14.9 Å². The molecule has 94 valence electrons. The molecule has 0 radical (unpaired) electrons. The molecule has 0 saturated heterocycles. The Morgan fingerprint density at radius 3 is 2.76 bits per heavy atom. The molecule has 1 aliphatic carbocycles. The normalized spacial score (nSPS) is 16.4. The summed E-state index contributed by atoms with van der Waals surface area (Å²) in [5.41, 5.74) is 6.30. The molecule has 0 spiro atoms. The smallest absolute Gasteiger partial charge is 0.157 e. The lowest BCUT2D eigenvalue weighted by Crippen LogP contribution is -2.37. The molecule has 6 heteroatoms. The summed E-state index contributed by atoms with van der Waals surface area (Å²) in [4.78, 5) is 10.1. The van der Waals surface area contributed by atoms with Gasteiger partial charge in [-0.25, -0.2) is 9.97 Å². The van der Waals surface area contributed by atoms with Crippen molar-refractivity contribution in [1.29, 1.82) is 0 Å². The maximum atomic E-state index is 9.16. The Balaban J connectivity index is 2.27. The summed E-state index contributed by atoms with van der Waals surface area (Å²) in [6, 6.07) is 0.399. The highest BCUT2D eigenvalue weighted by atomic mass is 35.5. The van der Waals surface area contributed by atoms with Gasteiger partial charge in [-0.1, -0.05) is 24.4 Å². The monoisotopic (exact) mass is 256 g/mol. The number of nitrogen functional groups attached to an aromatic ring is 1. The van der Waals surface area contributed by atoms with E-state index < -0.39 is 0 Å². The van der Waals surface area contributed by atoms with Crippen LogP contribution in [0.4, 0.5) is 11.5 Å². The molecule has 1 fully saturated rings. The van der Waals surface area contributed by atoms with Crippen molar-refractivity contribution in [3.63, 3.8) is 0 Å². The number of nitrogens with two attached hydrogens (primary N) is 1. The third kappa shape index (κ3) is 2.61. The molecule has 0 aliphatic heterocycles. The molecule has 3 N–H and O–H groups in total. The van der Waals surface area contributed by atoms with E-state index in [9.17, 15) is 0 Å². The van der Waals surface area contributed by atoms with E-state index in [4.69, 9.17) is 22.4 Å². The van der Waals surface area contributed by atoms with Crippen LogP contribution in [-0.4, -0.2) is 34.3 Å². The Labute approximate surface area is 106 Å². The zero-order valence-corrected chi connectivity index (χ0v) is 10.4. The second kappa shape index (κ2) is 5.51. The molecular formula is C11H17ClN4O. The van der Waals surface area contributed by atoms with Gasteiger partial charge in [-0.15, -0.1) is 0 Å². The van der Waals surface area contributed by atoms with Crippen molar-refractivity contribution in [2.24, 2.45) is 0 Å². The Morgan fingerprint density at radius 2 is 2.12 bits per heavy atom. The molecule has 17 heavy (non-hydrogen) atoms. The van der Waals surface area contributed by atoms with Gasteiger partial charge in [-0.3, -0.25) is 0 Å². The van der Waals surface area contributed by atoms with Crippen molar-refractivity contribution in [3.05, 3.63) is 11.5 Å². The van der Waals surface area contributed by atoms with Gasteiger partial charge in [-0.05, 0) is 12.8 Å². The van der Waals surface area contributed by atoms with Crippen LogP contribution in [0, 0.1) is 0 Å². The minimum absolute atomic E-state index is 0.0809. The van der Waals surface area contributed by atoms with Crippen molar-refractivity contribution < 1.29 is 5.11 Å². The Morgan fingerprint density at radius 1 is 1.41 bits per heavy atom. The first kappa shape index (κ1) is 12.4. The first-order chi connectivity index (χ1) is 8.24. The molecule has 1 aromatic rings. The predicted octanol–water partition coefficient (Wildman–Crippen LogP) is 1.45. The van der Waals surface area contributed by atoms with Gasteiger partial charge in [0.05, 0.1) is 6.61 Å². The van der Waals surface area contributed by atoms with Crippen molar-refractivity contribution in [2.75, 3.05) is 23.8 Å². The first-order valence-corrected chi connectivity index (χ1v) is 6.25. The molecular weight excluding hydrogens is 240 g/mol. The van der Waals surface area contributed by atoms with Gasteiger partial charge in [0.15, 0.2) is 11.0 Å². The maximum Gasteiger partial charge on any atom is 0.157 e. The number of halogens is 1. The van der Waals surface area contributed by atoms with Crippen molar-refractivity contribution in [1.82, 2.24) is 9.97 Å². The molecule has 0 aromatic carbocycles. The van der Waals surface area contributed by atoms with Crippen LogP contribution in [0.25, 0.3) is 0 Å². The number of hydrogen-bond acceptors (Lipinski definition) is 5. The Bertz CT molecular complexity index is 382. The number of aliphatic hydroxyl groups excluding tert-OH is 1. The lowest BCUT2D eigenvalue weighted by Gasteiger charge is -2.30. The summed E-state index contributed by atoms with van der Waals surface area (Å²) in [7, 11) is 0. The summed E-state index contributed by atoms with van der Waals surface area (Å²) < 4.78 is 0. The van der Waals surface area contributed by atoms with Crippen molar-refractivity contribution in [2.45, 2.75) is 31.7 Å². The van der Waals surface area contributed by atoms with Crippen LogP contribution >= 0.6 is 11.6 Å². The van der Waals surface area contributed by atoms with Crippen molar-refractivity contribution in [3.8, 4) is 0 Å². The van der Waals surface area contributed by atoms with Gasteiger partial charge >= 0.3 is 0 Å². The molecule has 0 unspecified atom stereocenters. The van der Waals surface area contributed by atoms with Crippen LogP contribution < -0.4 is 10.6 Å². The topological polar surface area (TPSA) is 75.3 Å². The number of hydrogen-bond donors (Lipinski definition) is 2. The molecule has 0 atom stereocenters. The van der Waals surface area contributed by atoms with Crippen LogP contribution in [0.5, 0.6) is 0 Å². The first-order valence-electron chi connectivity index (χ1n) is 5.87. The molecule has 1 saturated carbocycles. The number of anilines is 2. The van der Waals surface area contributed by atoms with E-state index in [1.807, 2.05) is 0 Å². The second-order valence-electron chi connectivity index (χ2n) is 4.26. The minimum atomic E-state index is 0.0809. The third-order valence-electron chi connectivity index (χ3n) is 3.19. The highest BCUT2D eigenvalue weighted by Gasteiger charge is 2.25. The van der Waals surface area contributed by atoms with Gasteiger partial charge < -0.3 is 15.7 Å². The van der Waals surface area contributed by atoms with E-state index in [0.717, 1.165) is 12.8 Å². The Hall–Kier alpha value is -1.07. The summed E-state index contributed by atoms with van der Waals surface area (Å²) in [6.45, 7) is 0.611. The second-order valence-corrected chi connectivity index (χ2v) is 4.62. The summed E-state index contributed by atoms with van der Waals surface area (Å²) in [6.07, 6.45) is 6.06. The van der Waals surface area contributed by atoms with Crippen molar-refractivity contribution >= 4 is 23.1 Å². The standard InChI is InChI=1S/C11H17ClN4O/c12-10-9(13)11(15-7-14-10)16(5-6-17)8-3-1-2-4-8/h7-8,17H,1-6,13H2. The molecule has 5 nitrogen and oxygen atoms in total. The van der Waals surface area contributed by atoms with Gasteiger partial charge in [0.1, 0.15) is 12.0 Å². The highest BCUT2D eigenvalue weighted by molar-refractivity contribution is 6.32. The van der Waals surface area contributed by atoms with Gasteiger partial charge in [-0.2, -0.15) is 0 Å². The summed E-state index contributed by atoms with van der Waals surface area (Å²) in [5.74, 6) is 0.644. The van der Waals surface area contributed by atoms with Crippen LogP contribution in [0.3, 0.4) is 0 Å². The fraction of sp³-hybridized carbons (Fsp3) is 0.636. The fourth-order valence-corrected chi connectivity index (χ4v) is 2.51. The number of rotatable bonds is 4. The average molecular weight is 257 g/mol. The number of nitrogens with zero attached hydrogens (tertiary/aromatic N) is 3. The Kier molecular flexibility index (Phi) is 4.02. The van der Waals surface area contributed by atoms with Crippen LogP contribution in [0.1, 0.15) is 25.7 Å². The quantitative estimate of drug-likeness (QED) is 0.798. The maximum absolute atomic E-state index is 9.16. The largest absolute Gasteiger partial charge is 0.395 e. The number of aliphatic hydroxyl groups is 1. The van der Waals surface area contributed by atoms with Crippen LogP contribution in [0.2, 0.25) is 5.15 Å². The van der Waals surface area contributed by atoms with Gasteiger partial charge in [0.2, 0.25) is 0 Å². The zero-order valence-electron chi connectivity index (χ0n) is 9.64. The van der Waals surface area contributed by atoms with E-state index in [-0.39, 0.29) is 11.8 Å². The fourth-order valence-electron chi connectivity index (χ4n) is 2.38. The summed E-state index contributed by atoms with van der Waals surface area (Å²) in [5, 5.41) is 9.43. The van der Waals surface area contributed by atoms with E-state index in [1.54, 1.807) is 0 Å². The lowest BCUT2D eigenvalue weighted by molar-refractivity contribution is 0.297.